The maximum atomic E-state index is 13.2. The number of fused-ring (bicyclic) bond motifs is 1. The Morgan fingerprint density at radius 3 is 2.77 bits per heavy atom. The molecule has 4 heterocycles. The number of carbonyl (C=O) groups is 1. The zero-order valence-corrected chi connectivity index (χ0v) is 20.2. The molecule has 1 saturated heterocycles. The molecule has 0 spiro atoms. The van der Waals surface area contributed by atoms with Crippen LogP contribution >= 0.6 is 0 Å². The molecule has 0 radical (unpaired) electrons. The molecular weight excluding hydrogens is 450 g/mol. The van der Waals surface area contributed by atoms with Gasteiger partial charge in [0, 0.05) is 45.7 Å². The van der Waals surface area contributed by atoms with Crippen molar-refractivity contribution in [1.29, 1.82) is 0 Å². The van der Waals surface area contributed by atoms with Crippen molar-refractivity contribution in [3.05, 3.63) is 46.5 Å². The summed E-state index contributed by atoms with van der Waals surface area (Å²) >= 11 is 0. The average molecular weight is 482 g/mol. The maximum Gasteiger partial charge on any atom is 0.274 e. The third kappa shape index (κ3) is 4.25. The van der Waals surface area contributed by atoms with Gasteiger partial charge in [-0.25, -0.2) is 4.98 Å². The summed E-state index contributed by atoms with van der Waals surface area (Å²) in [6.07, 6.45) is 6.66. The van der Waals surface area contributed by atoms with Crippen molar-refractivity contribution < 1.29 is 14.3 Å². The van der Waals surface area contributed by atoms with E-state index in [0.717, 1.165) is 25.7 Å². The van der Waals surface area contributed by atoms with Gasteiger partial charge in [-0.3, -0.25) is 9.59 Å². The molecule has 2 aliphatic rings. The van der Waals surface area contributed by atoms with Crippen LogP contribution < -0.4 is 21.5 Å². The van der Waals surface area contributed by atoms with E-state index in [2.05, 4.69) is 26.0 Å². The molecule has 1 amide bonds. The molecule has 5 rings (SSSR count). The highest BCUT2D eigenvalue weighted by Crippen LogP contribution is 2.35. The molecule has 3 aromatic rings. The Labute approximate surface area is 202 Å². The van der Waals surface area contributed by atoms with E-state index < -0.39 is 0 Å². The zero-order chi connectivity index (χ0) is 24.6. The Balaban J connectivity index is 1.45. The maximum absolute atomic E-state index is 13.2. The van der Waals surface area contributed by atoms with Gasteiger partial charge in [0.15, 0.2) is 5.65 Å². The summed E-state index contributed by atoms with van der Waals surface area (Å²) < 4.78 is 14.3. The molecule has 1 aliphatic heterocycles. The summed E-state index contributed by atoms with van der Waals surface area (Å²) in [4.78, 5) is 30.9. The van der Waals surface area contributed by atoms with Gasteiger partial charge in [0.1, 0.15) is 22.9 Å². The highest BCUT2D eigenvalue weighted by molar-refractivity contribution is 6.00. The van der Waals surface area contributed by atoms with Crippen LogP contribution in [0.15, 0.2) is 35.4 Å². The number of methoxy groups -OCH3 is 1. The van der Waals surface area contributed by atoms with E-state index in [-0.39, 0.29) is 29.2 Å². The molecule has 11 heteroatoms. The van der Waals surface area contributed by atoms with Gasteiger partial charge in [-0.15, -0.1) is 0 Å². The van der Waals surface area contributed by atoms with Crippen LogP contribution in [0.5, 0.6) is 0 Å². The fraction of sp³-hybridized carbons (Fsp3) is 0.500. The van der Waals surface area contributed by atoms with E-state index in [4.69, 9.17) is 9.47 Å². The standard InChI is InChI=1S/C24H31N7O4/c1-24(34-3)9-6-18(24)28-22(32)16-14-26-31-20(25-2)13-19(29-21(16)31)27-17-5-4-10-30(23(17)33)15-7-11-35-12-8-15/h4-5,10,13-15,18,25H,6-9,11-12H2,1-3H3,(H,27,29)(H,28,32)/t18-,24-/m1/s1. The molecular formula is C24H31N7O4. The van der Waals surface area contributed by atoms with Gasteiger partial charge in [-0.2, -0.15) is 9.61 Å². The Kier molecular flexibility index (Phi) is 6.20. The van der Waals surface area contributed by atoms with E-state index in [9.17, 15) is 9.59 Å². The Morgan fingerprint density at radius 2 is 2.09 bits per heavy atom. The van der Waals surface area contributed by atoms with Crippen LogP contribution in [0, 0.1) is 0 Å². The molecule has 3 N–H and O–H groups in total. The number of ether oxygens (including phenoxy) is 2. The first kappa shape index (κ1) is 23.3. The van der Waals surface area contributed by atoms with E-state index in [1.165, 1.54) is 6.20 Å². The first-order chi connectivity index (χ1) is 16.9. The second-order valence-electron chi connectivity index (χ2n) is 9.25. The van der Waals surface area contributed by atoms with Gasteiger partial charge in [0.25, 0.3) is 11.5 Å². The predicted octanol–water partition coefficient (Wildman–Crippen LogP) is 2.33. The van der Waals surface area contributed by atoms with Gasteiger partial charge in [-0.05, 0) is 44.7 Å². The van der Waals surface area contributed by atoms with Crippen molar-refractivity contribution in [3.63, 3.8) is 0 Å². The van der Waals surface area contributed by atoms with E-state index >= 15 is 0 Å². The molecule has 186 valence electrons. The Hall–Kier alpha value is -3.44. The van der Waals surface area contributed by atoms with Gasteiger partial charge < -0.3 is 30.0 Å². The minimum Gasteiger partial charge on any atom is -0.381 e. The number of pyridine rings is 1. The second-order valence-corrected chi connectivity index (χ2v) is 9.25. The van der Waals surface area contributed by atoms with Crippen molar-refractivity contribution >= 4 is 28.9 Å². The largest absolute Gasteiger partial charge is 0.381 e. The van der Waals surface area contributed by atoms with Crippen LogP contribution in [-0.2, 0) is 9.47 Å². The van der Waals surface area contributed by atoms with Gasteiger partial charge >= 0.3 is 0 Å². The van der Waals surface area contributed by atoms with Crippen LogP contribution in [0.1, 0.15) is 49.0 Å². The van der Waals surface area contributed by atoms with Gasteiger partial charge in [0.05, 0.1) is 17.8 Å². The molecule has 1 aliphatic carbocycles. The van der Waals surface area contributed by atoms with E-state index in [0.29, 0.717) is 41.7 Å². The topological polar surface area (TPSA) is 124 Å². The molecule has 35 heavy (non-hydrogen) atoms. The third-order valence-electron chi connectivity index (χ3n) is 7.23. The SMILES string of the molecule is CNc1cc(Nc2cccn(C3CCOCC3)c2=O)nc2c(C(=O)N[C@@H]3CC[C@@]3(C)OC)cnn12. The number of nitrogens with zero attached hydrogens (tertiary/aromatic N) is 4. The molecule has 1 saturated carbocycles. The number of hydrogen-bond acceptors (Lipinski definition) is 8. The predicted molar refractivity (Wildman–Crippen MR) is 132 cm³/mol. The molecule has 0 aromatic carbocycles. The molecule has 0 bridgehead atoms. The normalized spacial score (nSPS) is 22.5. The lowest BCUT2D eigenvalue weighted by molar-refractivity contribution is -0.0828. The molecule has 2 fully saturated rings. The summed E-state index contributed by atoms with van der Waals surface area (Å²) in [7, 11) is 3.42. The smallest absolute Gasteiger partial charge is 0.274 e. The average Bonchev–Trinajstić information content (AvgIpc) is 3.31. The lowest BCUT2D eigenvalue weighted by Crippen LogP contribution is -2.59. The summed E-state index contributed by atoms with van der Waals surface area (Å²) in [6.45, 7) is 3.29. The van der Waals surface area contributed by atoms with Crippen LogP contribution in [-0.4, -0.2) is 64.1 Å². The molecule has 11 nitrogen and oxygen atoms in total. The number of carbonyl (C=O) groups excluding carboxylic acids is 1. The number of anilines is 3. The van der Waals surface area contributed by atoms with Crippen molar-refractivity contribution in [1.82, 2.24) is 24.5 Å². The highest BCUT2D eigenvalue weighted by atomic mass is 16.5. The quantitative estimate of drug-likeness (QED) is 0.470. The molecule has 2 atom stereocenters. The summed E-state index contributed by atoms with van der Waals surface area (Å²) in [5.74, 6) is 0.799. The van der Waals surface area contributed by atoms with Crippen LogP contribution in [0.3, 0.4) is 0 Å². The molecule has 3 aromatic heterocycles. The first-order valence-corrected chi connectivity index (χ1v) is 11.9. The number of amides is 1. The van der Waals surface area contributed by atoms with Crippen molar-refractivity contribution in [3.8, 4) is 0 Å². The van der Waals surface area contributed by atoms with Gasteiger partial charge in [-0.1, -0.05) is 0 Å². The van der Waals surface area contributed by atoms with Crippen molar-refractivity contribution in [2.45, 2.75) is 50.3 Å². The summed E-state index contributed by atoms with van der Waals surface area (Å²) in [6, 6.07) is 5.36. The number of nitrogens with one attached hydrogen (secondary N) is 3. The summed E-state index contributed by atoms with van der Waals surface area (Å²) in [5, 5.41) is 13.6. The highest BCUT2D eigenvalue weighted by Gasteiger charge is 2.44. The van der Waals surface area contributed by atoms with Crippen molar-refractivity contribution in [2.75, 3.05) is 38.0 Å². The second kappa shape index (κ2) is 9.31. The number of aromatic nitrogens is 4. The number of rotatable bonds is 7. The fourth-order valence-electron chi connectivity index (χ4n) is 4.76. The summed E-state index contributed by atoms with van der Waals surface area (Å²) in [5.41, 5.74) is 0.655. The first-order valence-electron chi connectivity index (χ1n) is 11.9. The van der Waals surface area contributed by atoms with E-state index in [1.54, 1.807) is 35.4 Å². The minimum atomic E-state index is -0.368. The molecule has 0 unspecified atom stereocenters. The Morgan fingerprint density at radius 1 is 1.29 bits per heavy atom. The monoisotopic (exact) mass is 481 g/mol. The van der Waals surface area contributed by atoms with Crippen LogP contribution in [0.4, 0.5) is 17.3 Å². The third-order valence-corrected chi connectivity index (χ3v) is 7.23. The lowest BCUT2D eigenvalue weighted by Gasteiger charge is -2.45. The van der Waals surface area contributed by atoms with E-state index in [1.807, 2.05) is 19.2 Å². The van der Waals surface area contributed by atoms with Crippen LogP contribution in [0.25, 0.3) is 5.65 Å². The van der Waals surface area contributed by atoms with Crippen molar-refractivity contribution in [2.24, 2.45) is 0 Å². The zero-order valence-electron chi connectivity index (χ0n) is 20.2. The lowest BCUT2D eigenvalue weighted by atomic mass is 9.76. The van der Waals surface area contributed by atoms with Crippen LogP contribution in [0.2, 0.25) is 0 Å². The minimum absolute atomic E-state index is 0.0759. The number of hydrogen-bond donors (Lipinski definition) is 3. The fourth-order valence-corrected chi connectivity index (χ4v) is 4.76. The van der Waals surface area contributed by atoms with Gasteiger partial charge in [0.2, 0.25) is 0 Å². The Bertz CT molecular complexity index is 1290.